The van der Waals surface area contributed by atoms with E-state index in [1.54, 1.807) is 17.0 Å². The molecular weight excluding hydrogens is 283 g/mol. The van der Waals surface area contributed by atoms with Crippen molar-refractivity contribution in [1.29, 1.82) is 0 Å². The van der Waals surface area contributed by atoms with Crippen LogP contribution < -0.4 is 10.2 Å². The Kier molecular flexibility index (Phi) is 4.41. The average molecular weight is 304 g/mol. The van der Waals surface area contributed by atoms with Gasteiger partial charge in [0.05, 0.1) is 5.92 Å². The van der Waals surface area contributed by atoms with E-state index in [0.29, 0.717) is 12.2 Å². The Balaban J connectivity index is 1.61. The lowest BCUT2D eigenvalue weighted by Gasteiger charge is -2.24. The molecule has 1 aromatic rings. The van der Waals surface area contributed by atoms with Gasteiger partial charge in [0.15, 0.2) is 0 Å². The van der Waals surface area contributed by atoms with Gasteiger partial charge in [0.2, 0.25) is 11.8 Å². The largest absolute Gasteiger partial charge is 0.353 e. The summed E-state index contributed by atoms with van der Waals surface area (Å²) in [6, 6.07) is 6.08. The zero-order valence-corrected chi connectivity index (χ0v) is 12.6. The fourth-order valence-corrected chi connectivity index (χ4v) is 3.32. The van der Waals surface area contributed by atoms with Crippen molar-refractivity contribution in [2.24, 2.45) is 5.92 Å². The smallest absolute Gasteiger partial charge is 0.227 e. The Morgan fingerprint density at radius 2 is 1.82 bits per heavy atom. The molecule has 1 unspecified atom stereocenters. The Morgan fingerprint density at radius 3 is 2.50 bits per heavy atom. The molecule has 1 N–H and O–H groups in total. The topological polar surface area (TPSA) is 49.4 Å². The summed E-state index contributed by atoms with van der Waals surface area (Å²) in [7, 11) is 0. The summed E-state index contributed by atoms with van der Waals surface area (Å²) in [5, 5.41) is 3.08. The summed E-state index contributed by atoms with van der Waals surface area (Å²) in [5.74, 6) is -0.735. The van der Waals surface area contributed by atoms with Crippen LogP contribution in [0.4, 0.5) is 10.1 Å². The van der Waals surface area contributed by atoms with E-state index < -0.39 is 0 Å². The first-order chi connectivity index (χ1) is 10.6. The maximum Gasteiger partial charge on any atom is 0.227 e. The summed E-state index contributed by atoms with van der Waals surface area (Å²) in [6.45, 7) is 0.378. The lowest BCUT2D eigenvalue weighted by Crippen LogP contribution is -2.40. The van der Waals surface area contributed by atoms with Crippen LogP contribution in [-0.4, -0.2) is 24.4 Å². The van der Waals surface area contributed by atoms with Crippen LogP contribution in [0, 0.1) is 11.7 Å². The van der Waals surface area contributed by atoms with Crippen LogP contribution >= 0.6 is 0 Å². The van der Waals surface area contributed by atoms with E-state index in [9.17, 15) is 14.0 Å². The average Bonchev–Trinajstić information content (AvgIpc) is 2.91. The molecule has 2 amide bonds. The second-order valence-corrected chi connectivity index (χ2v) is 6.23. The van der Waals surface area contributed by atoms with Gasteiger partial charge in [-0.25, -0.2) is 4.39 Å². The van der Waals surface area contributed by atoms with Gasteiger partial charge in [0.1, 0.15) is 5.82 Å². The predicted molar refractivity (Wildman–Crippen MR) is 81.9 cm³/mol. The summed E-state index contributed by atoms with van der Waals surface area (Å²) in [5.41, 5.74) is 0.652. The Hall–Kier alpha value is -1.91. The van der Waals surface area contributed by atoms with E-state index in [4.69, 9.17) is 0 Å². The third-order valence-corrected chi connectivity index (χ3v) is 4.59. The number of halogens is 1. The molecule has 0 spiro atoms. The van der Waals surface area contributed by atoms with Crippen molar-refractivity contribution in [2.45, 2.75) is 44.6 Å². The standard InChI is InChI=1S/C17H21FN2O2/c18-13-6-8-15(9-7-13)20-11-12(10-16(20)21)17(22)19-14-4-2-1-3-5-14/h6-9,12,14H,1-5,10-11H2,(H,19,22). The fourth-order valence-electron chi connectivity index (χ4n) is 3.32. The summed E-state index contributed by atoms with van der Waals surface area (Å²) in [6.07, 6.45) is 5.87. The van der Waals surface area contributed by atoms with E-state index >= 15 is 0 Å². The number of rotatable bonds is 3. The van der Waals surface area contributed by atoms with Gasteiger partial charge in [-0.3, -0.25) is 9.59 Å². The zero-order valence-electron chi connectivity index (χ0n) is 12.6. The highest BCUT2D eigenvalue weighted by Crippen LogP contribution is 2.26. The maximum absolute atomic E-state index is 13.0. The molecule has 1 saturated heterocycles. The van der Waals surface area contributed by atoms with Crippen LogP contribution in [0.1, 0.15) is 38.5 Å². The quantitative estimate of drug-likeness (QED) is 0.933. The molecule has 5 heteroatoms. The number of hydrogen-bond acceptors (Lipinski definition) is 2. The van der Waals surface area contributed by atoms with Crippen molar-refractivity contribution in [1.82, 2.24) is 5.32 Å². The number of carbonyl (C=O) groups is 2. The molecule has 2 aliphatic rings. The third kappa shape index (κ3) is 3.29. The van der Waals surface area contributed by atoms with Gasteiger partial charge in [-0.1, -0.05) is 19.3 Å². The van der Waals surface area contributed by atoms with Crippen molar-refractivity contribution in [2.75, 3.05) is 11.4 Å². The molecule has 1 saturated carbocycles. The molecule has 1 aliphatic heterocycles. The number of hydrogen-bond donors (Lipinski definition) is 1. The van der Waals surface area contributed by atoms with Gasteiger partial charge in [-0.05, 0) is 37.1 Å². The van der Waals surface area contributed by atoms with Crippen molar-refractivity contribution >= 4 is 17.5 Å². The number of carbonyl (C=O) groups excluding carboxylic acids is 2. The monoisotopic (exact) mass is 304 g/mol. The molecule has 3 rings (SSSR count). The molecule has 0 radical (unpaired) electrons. The Bertz CT molecular complexity index is 552. The number of nitrogens with zero attached hydrogens (tertiary/aromatic N) is 1. The minimum atomic E-state index is -0.331. The number of nitrogens with one attached hydrogen (secondary N) is 1. The third-order valence-electron chi connectivity index (χ3n) is 4.59. The minimum absolute atomic E-state index is 0.0233. The van der Waals surface area contributed by atoms with Gasteiger partial charge >= 0.3 is 0 Å². The molecule has 1 aliphatic carbocycles. The first-order valence-electron chi connectivity index (χ1n) is 8.00. The highest BCUT2D eigenvalue weighted by atomic mass is 19.1. The van der Waals surface area contributed by atoms with Crippen molar-refractivity contribution in [3.8, 4) is 0 Å². The molecule has 118 valence electrons. The highest BCUT2D eigenvalue weighted by Gasteiger charge is 2.35. The van der Waals surface area contributed by atoms with Crippen LogP contribution in [0.25, 0.3) is 0 Å². The maximum atomic E-state index is 13.0. The molecular formula is C17H21FN2O2. The molecule has 2 fully saturated rings. The normalized spacial score (nSPS) is 22.9. The highest BCUT2D eigenvalue weighted by molar-refractivity contribution is 6.00. The molecule has 1 atom stereocenters. The van der Waals surface area contributed by atoms with Gasteiger partial charge in [0.25, 0.3) is 0 Å². The number of benzene rings is 1. The second kappa shape index (κ2) is 6.46. The first kappa shape index (κ1) is 15.0. The first-order valence-corrected chi connectivity index (χ1v) is 8.00. The van der Waals surface area contributed by atoms with Crippen LogP contribution in [0.15, 0.2) is 24.3 Å². The van der Waals surface area contributed by atoms with Gasteiger partial charge in [-0.2, -0.15) is 0 Å². The summed E-state index contributed by atoms with van der Waals surface area (Å²) >= 11 is 0. The van der Waals surface area contributed by atoms with Crippen LogP contribution in [-0.2, 0) is 9.59 Å². The fraction of sp³-hybridized carbons (Fsp3) is 0.529. The molecule has 4 nitrogen and oxygen atoms in total. The van der Waals surface area contributed by atoms with Gasteiger partial charge in [-0.15, -0.1) is 0 Å². The summed E-state index contributed by atoms with van der Waals surface area (Å²) in [4.78, 5) is 26.0. The van der Waals surface area contributed by atoms with E-state index in [1.807, 2.05) is 0 Å². The van der Waals surface area contributed by atoms with E-state index in [-0.39, 0.29) is 36.0 Å². The Morgan fingerprint density at radius 1 is 1.14 bits per heavy atom. The molecule has 0 aromatic heterocycles. The molecule has 0 bridgehead atoms. The molecule has 1 aromatic carbocycles. The molecule has 1 heterocycles. The Labute approximate surface area is 129 Å². The van der Waals surface area contributed by atoms with Gasteiger partial charge in [0, 0.05) is 24.7 Å². The van der Waals surface area contributed by atoms with Crippen molar-refractivity contribution in [3.63, 3.8) is 0 Å². The van der Waals surface area contributed by atoms with E-state index in [1.165, 1.54) is 18.6 Å². The second-order valence-electron chi connectivity index (χ2n) is 6.23. The molecule has 22 heavy (non-hydrogen) atoms. The minimum Gasteiger partial charge on any atom is -0.353 e. The SMILES string of the molecule is O=C(NC1CCCCC1)C1CC(=O)N(c2ccc(F)cc2)C1. The number of amides is 2. The van der Waals surface area contributed by atoms with Gasteiger partial charge < -0.3 is 10.2 Å². The summed E-state index contributed by atoms with van der Waals surface area (Å²) < 4.78 is 13.0. The zero-order chi connectivity index (χ0) is 15.5. The van der Waals surface area contributed by atoms with E-state index in [0.717, 1.165) is 25.7 Å². The van der Waals surface area contributed by atoms with E-state index in [2.05, 4.69) is 5.32 Å². The van der Waals surface area contributed by atoms with Crippen molar-refractivity contribution in [3.05, 3.63) is 30.1 Å². The van der Waals surface area contributed by atoms with Crippen molar-refractivity contribution < 1.29 is 14.0 Å². The van der Waals surface area contributed by atoms with Crippen LogP contribution in [0.3, 0.4) is 0 Å². The van der Waals surface area contributed by atoms with Crippen LogP contribution in [0.2, 0.25) is 0 Å². The van der Waals surface area contributed by atoms with Crippen LogP contribution in [0.5, 0.6) is 0 Å². The number of anilines is 1. The lowest BCUT2D eigenvalue weighted by atomic mass is 9.95. The lowest BCUT2D eigenvalue weighted by molar-refractivity contribution is -0.127. The predicted octanol–water partition coefficient (Wildman–Crippen LogP) is 2.63.